The Morgan fingerprint density at radius 3 is 2.00 bits per heavy atom. The number of benzene rings is 1. The van der Waals surface area contributed by atoms with Gasteiger partial charge in [-0.1, -0.05) is 27.2 Å². The third kappa shape index (κ3) is 5.32. The molecule has 0 N–H and O–H groups in total. The second-order valence-electron chi connectivity index (χ2n) is 5.08. The van der Waals surface area contributed by atoms with Crippen molar-refractivity contribution >= 4 is 10.0 Å². The van der Waals surface area contributed by atoms with E-state index in [9.17, 15) is 8.42 Å². The zero-order valence-corrected chi connectivity index (χ0v) is 14.2. The molecule has 0 saturated carbocycles. The molecular weight excluding hydrogens is 286 g/mol. The first-order valence-corrected chi connectivity index (χ1v) is 9.23. The van der Waals surface area contributed by atoms with Crippen LogP contribution in [0.2, 0.25) is 0 Å². The molecule has 0 aliphatic heterocycles. The summed E-state index contributed by atoms with van der Waals surface area (Å²) in [4.78, 5) is 0.340. The van der Waals surface area contributed by atoms with Crippen LogP contribution in [0.15, 0.2) is 29.2 Å². The van der Waals surface area contributed by atoms with Crippen molar-refractivity contribution in [1.82, 2.24) is 4.31 Å². The summed E-state index contributed by atoms with van der Waals surface area (Å²) in [6.07, 6.45) is 3.71. The quantitative estimate of drug-likeness (QED) is 0.619. The highest BCUT2D eigenvalue weighted by atomic mass is 32.2. The molecule has 0 fully saturated rings. The maximum absolute atomic E-state index is 12.6. The zero-order chi connectivity index (χ0) is 15.7. The van der Waals surface area contributed by atoms with Gasteiger partial charge in [0.05, 0.1) is 11.5 Å². The van der Waals surface area contributed by atoms with E-state index < -0.39 is 10.0 Å². The predicted molar refractivity (Wildman–Crippen MR) is 86.2 cm³/mol. The Bertz CT molecular complexity index is 491. The van der Waals surface area contributed by atoms with E-state index >= 15 is 0 Å². The average molecular weight is 313 g/mol. The van der Waals surface area contributed by atoms with E-state index in [2.05, 4.69) is 6.92 Å². The number of hydrogen-bond donors (Lipinski definition) is 0. The van der Waals surface area contributed by atoms with Crippen molar-refractivity contribution in [2.45, 2.75) is 51.3 Å². The van der Waals surface area contributed by atoms with Gasteiger partial charge in [0.15, 0.2) is 0 Å². The maximum Gasteiger partial charge on any atom is 0.243 e. The van der Waals surface area contributed by atoms with E-state index in [1.807, 2.05) is 13.8 Å². The lowest BCUT2D eigenvalue weighted by Crippen LogP contribution is -2.32. The summed E-state index contributed by atoms with van der Waals surface area (Å²) in [5.74, 6) is 0.722. The highest BCUT2D eigenvalue weighted by Gasteiger charge is 2.22. The molecule has 0 aliphatic rings. The van der Waals surface area contributed by atoms with Gasteiger partial charge in [-0.3, -0.25) is 0 Å². The van der Waals surface area contributed by atoms with E-state index in [0.717, 1.165) is 31.4 Å². The number of nitrogens with zero attached hydrogens (tertiary/aromatic N) is 1. The van der Waals surface area contributed by atoms with Crippen molar-refractivity contribution in [2.75, 3.05) is 19.7 Å². The lowest BCUT2D eigenvalue weighted by atomic mass is 10.3. The Kier molecular flexibility index (Phi) is 7.75. The van der Waals surface area contributed by atoms with Gasteiger partial charge in [0.1, 0.15) is 5.75 Å². The van der Waals surface area contributed by atoms with Gasteiger partial charge < -0.3 is 4.74 Å². The van der Waals surface area contributed by atoms with Crippen LogP contribution < -0.4 is 4.74 Å². The first kappa shape index (κ1) is 18.0. The first-order chi connectivity index (χ1) is 10.1. The topological polar surface area (TPSA) is 46.6 Å². The summed E-state index contributed by atoms with van der Waals surface area (Å²) in [6.45, 7) is 7.87. The van der Waals surface area contributed by atoms with Crippen molar-refractivity contribution < 1.29 is 13.2 Å². The number of sulfonamides is 1. The fourth-order valence-electron chi connectivity index (χ4n) is 2.04. The second-order valence-corrected chi connectivity index (χ2v) is 7.02. The number of hydrogen-bond acceptors (Lipinski definition) is 3. The van der Waals surface area contributed by atoms with Crippen LogP contribution in [0, 0.1) is 0 Å². The fraction of sp³-hybridized carbons (Fsp3) is 0.625. The SMILES string of the molecule is CCCCOc1ccc(S(=O)(=O)N(CCC)CCC)cc1. The standard InChI is InChI=1S/C16H27NO3S/c1-4-7-14-20-15-8-10-16(11-9-15)21(18,19)17(12-5-2)13-6-3/h8-11H,4-7,12-14H2,1-3H3. The van der Waals surface area contributed by atoms with Gasteiger partial charge >= 0.3 is 0 Å². The molecule has 0 saturated heterocycles. The Morgan fingerprint density at radius 2 is 1.52 bits per heavy atom. The molecule has 0 aliphatic carbocycles. The Balaban J connectivity index is 2.82. The molecule has 0 aromatic heterocycles. The van der Waals surface area contributed by atoms with Crippen molar-refractivity contribution in [3.05, 3.63) is 24.3 Å². The van der Waals surface area contributed by atoms with Crippen molar-refractivity contribution in [2.24, 2.45) is 0 Å². The third-order valence-electron chi connectivity index (χ3n) is 3.17. The molecular formula is C16H27NO3S. The van der Waals surface area contributed by atoms with Gasteiger partial charge in [0.25, 0.3) is 0 Å². The van der Waals surface area contributed by atoms with Crippen LogP contribution in [0.25, 0.3) is 0 Å². The van der Waals surface area contributed by atoms with Gasteiger partial charge in [-0.15, -0.1) is 0 Å². The van der Waals surface area contributed by atoms with E-state index in [4.69, 9.17) is 4.74 Å². The molecule has 1 rings (SSSR count). The zero-order valence-electron chi connectivity index (χ0n) is 13.3. The van der Waals surface area contributed by atoms with Gasteiger partial charge in [-0.2, -0.15) is 4.31 Å². The molecule has 0 unspecified atom stereocenters. The molecule has 0 radical (unpaired) electrons. The number of unbranched alkanes of at least 4 members (excludes halogenated alkanes) is 1. The largest absolute Gasteiger partial charge is 0.494 e. The summed E-state index contributed by atoms with van der Waals surface area (Å²) in [5.41, 5.74) is 0. The minimum absolute atomic E-state index is 0.340. The lowest BCUT2D eigenvalue weighted by molar-refractivity contribution is 0.309. The van der Waals surface area contributed by atoms with Crippen molar-refractivity contribution in [3.8, 4) is 5.75 Å². The van der Waals surface area contributed by atoms with E-state index in [1.165, 1.54) is 0 Å². The first-order valence-electron chi connectivity index (χ1n) is 7.79. The molecule has 0 bridgehead atoms. The minimum Gasteiger partial charge on any atom is -0.494 e. The highest BCUT2D eigenvalue weighted by molar-refractivity contribution is 7.89. The number of rotatable bonds is 10. The van der Waals surface area contributed by atoms with E-state index in [0.29, 0.717) is 24.6 Å². The second kappa shape index (κ2) is 9.05. The molecule has 0 heterocycles. The molecule has 0 spiro atoms. The summed E-state index contributed by atoms with van der Waals surface area (Å²) < 4.78 is 32.3. The van der Waals surface area contributed by atoms with Crippen LogP contribution >= 0.6 is 0 Å². The molecule has 0 atom stereocenters. The summed E-state index contributed by atoms with van der Waals surface area (Å²) in [6, 6.07) is 6.74. The highest BCUT2D eigenvalue weighted by Crippen LogP contribution is 2.20. The van der Waals surface area contributed by atoms with Crippen molar-refractivity contribution in [1.29, 1.82) is 0 Å². The maximum atomic E-state index is 12.6. The Hall–Kier alpha value is -1.07. The fourth-order valence-corrected chi connectivity index (χ4v) is 3.67. The number of ether oxygens (including phenoxy) is 1. The summed E-state index contributed by atoms with van der Waals surface area (Å²) in [7, 11) is -3.39. The molecule has 4 nitrogen and oxygen atoms in total. The Labute approximate surface area is 129 Å². The van der Waals surface area contributed by atoms with Crippen LogP contribution in [0.1, 0.15) is 46.5 Å². The lowest BCUT2D eigenvalue weighted by Gasteiger charge is -2.21. The predicted octanol–water partition coefficient (Wildman–Crippen LogP) is 3.68. The average Bonchev–Trinajstić information content (AvgIpc) is 2.48. The van der Waals surface area contributed by atoms with Crippen LogP contribution in [0.4, 0.5) is 0 Å². The normalized spacial score (nSPS) is 11.8. The van der Waals surface area contributed by atoms with Gasteiger partial charge in [-0.05, 0) is 43.5 Å². The Morgan fingerprint density at radius 1 is 0.952 bits per heavy atom. The summed E-state index contributed by atoms with van der Waals surface area (Å²) >= 11 is 0. The van der Waals surface area contributed by atoms with Crippen molar-refractivity contribution in [3.63, 3.8) is 0 Å². The van der Waals surface area contributed by atoms with Crippen LogP contribution in [0.5, 0.6) is 5.75 Å². The van der Waals surface area contributed by atoms with Gasteiger partial charge in [0.2, 0.25) is 10.0 Å². The van der Waals surface area contributed by atoms with Crippen LogP contribution in [-0.2, 0) is 10.0 Å². The van der Waals surface area contributed by atoms with Crippen LogP contribution in [0.3, 0.4) is 0 Å². The molecule has 5 heteroatoms. The third-order valence-corrected chi connectivity index (χ3v) is 5.09. The minimum atomic E-state index is -3.39. The van der Waals surface area contributed by atoms with Gasteiger partial charge in [-0.25, -0.2) is 8.42 Å². The monoisotopic (exact) mass is 313 g/mol. The summed E-state index contributed by atoms with van der Waals surface area (Å²) in [5, 5.41) is 0. The van der Waals surface area contributed by atoms with E-state index in [1.54, 1.807) is 28.6 Å². The van der Waals surface area contributed by atoms with E-state index in [-0.39, 0.29) is 0 Å². The smallest absolute Gasteiger partial charge is 0.243 e. The van der Waals surface area contributed by atoms with Gasteiger partial charge in [0, 0.05) is 13.1 Å². The molecule has 21 heavy (non-hydrogen) atoms. The molecule has 1 aromatic rings. The molecule has 1 aromatic carbocycles. The molecule has 120 valence electrons. The van der Waals surface area contributed by atoms with Crippen LogP contribution in [-0.4, -0.2) is 32.4 Å². The molecule has 0 amide bonds.